The maximum atomic E-state index is 11.9. The van der Waals surface area contributed by atoms with Crippen molar-refractivity contribution in [3.05, 3.63) is 12.2 Å². The van der Waals surface area contributed by atoms with Gasteiger partial charge in [0.15, 0.2) is 14.1 Å². The summed E-state index contributed by atoms with van der Waals surface area (Å²) in [6.45, 7) is 14.9. The normalized spacial score (nSPS) is 15.1. The molecule has 106 valence electrons. The molecule has 18 heavy (non-hydrogen) atoms. The molecule has 3 heteroatoms. The van der Waals surface area contributed by atoms with E-state index in [2.05, 4.69) is 40.8 Å². The van der Waals surface area contributed by atoms with E-state index < -0.39 is 8.32 Å². The lowest BCUT2D eigenvalue weighted by atomic mass is 10.2. The van der Waals surface area contributed by atoms with Crippen LogP contribution in [0.1, 0.15) is 53.9 Å². The zero-order chi connectivity index (χ0) is 14.4. The molecule has 2 nitrogen and oxygen atoms in total. The Morgan fingerprint density at radius 2 is 1.89 bits per heavy atom. The third kappa shape index (κ3) is 5.96. The molecule has 0 aliphatic carbocycles. The van der Waals surface area contributed by atoms with Gasteiger partial charge in [-0.15, -0.1) is 0 Å². The van der Waals surface area contributed by atoms with E-state index in [-0.39, 0.29) is 16.9 Å². The summed E-state index contributed by atoms with van der Waals surface area (Å²) in [5, 5.41) is 0.146. The molecule has 0 amide bonds. The van der Waals surface area contributed by atoms with Crippen LogP contribution in [0.4, 0.5) is 0 Å². The topological polar surface area (TPSA) is 26.3 Å². The van der Waals surface area contributed by atoms with Crippen LogP contribution >= 0.6 is 0 Å². The van der Waals surface area contributed by atoms with Crippen molar-refractivity contribution in [3.8, 4) is 0 Å². The Morgan fingerprint density at radius 3 is 2.33 bits per heavy atom. The Bertz CT molecular complexity index is 287. The summed E-state index contributed by atoms with van der Waals surface area (Å²) in [4.78, 5) is 11.9. The van der Waals surface area contributed by atoms with Gasteiger partial charge in [-0.25, -0.2) is 0 Å². The molecule has 0 N–H and O–H groups in total. The number of carbonyl (C=O) groups excluding carboxylic acids is 1. The SMILES string of the molecule is CCCC/C=C/C(=O)C(C)O[Si](C)(C)C(C)(C)C. The number of allylic oxidation sites excluding steroid dienone is 1. The van der Waals surface area contributed by atoms with Crippen LogP contribution in [-0.4, -0.2) is 20.2 Å². The van der Waals surface area contributed by atoms with E-state index in [0.717, 1.165) is 19.3 Å². The van der Waals surface area contributed by atoms with Gasteiger partial charge in [-0.2, -0.15) is 0 Å². The molecule has 1 unspecified atom stereocenters. The van der Waals surface area contributed by atoms with Crippen molar-refractivity contribution in [2.24, 2.45) is 0 Å². The third-order valence-electron chi connectivity index (χ3n) is 3.68. The fourth-order valence-corrected chi connectivity index (χ4v) is 2.69. The molecule has 0 aliphatic rings. The van der Waals surface area contributed by atoms with Gasteiger partial charge < -0.3 is 4.43 Å². The van der Waals surface area contributed by atoms with Crippen LogP contribution in [0.2, 0.25) is 18.1 Å². The van der Waals surface area contributed by atoms with Gasteiger partial charge in [-0.1, -0.05) is 46.6 Å². The number of ketones is 1. The molecule has 0 saturated heterocycles. The Kier molecular flexibility index (Phi) is 7.08. The second-order valence-electron chi connectivity index (χ2n) is 6.47. The molecule has 0 saturated carbocycles. The van der Waals surface area contributed by atoms with E-state index in [1.165, 1.54) is 0 Å². The Labute approximate surface area is 114 Å². The number of carbonyl (C=O) groups is 1. The smallest absolute Gasteiger partial charge is 0.193 e. The van der Waals surface area contributed by atoms with E-state index >= 15 is 0 Å². The summed E-state index contributed by atoms with van der Waals surface area (Å²) in [6, 6.07) is 0. The molecule has 0 rings (SSSR count). The average Bonchev–Trinajstić information content (AvgIpc) is 2.21. The predicted octanol–water partition coefficient (Wildman–Crippen LogP) is 4.71. The van der Waals surface area contributed by atoms with Gasteiger partial charge in [0.25, 0.3) is 0 Å². The summed E-state index contributed by atoms with van der Waals surface area (Å²) in [5.74, 6) is 0.0935. The molecule has 0 heterocycles. The highest BCUT2D eigenvalue weighted by Crippen LogP contribution is 2.37. The van der Waals surface area contributed by atoms with Gasteiger partial charge in [-0.3, -0.25) is 4.79 Å². The van der Waals surface area contributed by atoms with Gasteiger partial charge in [0.05, 0.1) is 0 Å². The molecular formula is C15H30O2Si. The molecule has 1 atom stereocenters. The highest BCUT2D eigenvalue weighted by atomic mass is 28.4. The number of rotatable bonds is 7. The van der Waals surface area contributed by atoms with Gasteiger partial charge in [0, 0.05) is 0 Å². The quantitative estimate of drug-likeness (QED) is 0.380. The van der Waals surface area contributed by atoms with Crippen molar-refractivity contribution in [1.82, 2.24) is 0 Å². The maximum Gasteiger partial charge on any atom is 0.193 e. The molecular weight excluding hydrogens is 240 g/mol. The number of hydrogen-bond acceptors (Lipinski definition) is 2. The number of unbranched alkanes of at least 4 members (excludes halogenated alkanes) is 2. The minimum absolute atomic E-state index is 0.0935. The van der Waals surface area contributed by atoms with Crippen LogP contribution in [0.5, 0.6) is 0 Å². The van der Waals surface area contributed by atoms with Crippen LogP contribution in [0, 0.1) is 0 Å². The predicted molar refractivity (Wildman–Crippen MR) is 81.4 cm³/mol. The molecule has 0 spiro atoms. The van der Waals surface area contributed by atoms with Crippen molar-refractivity contribution in [2.45, 2.75) is 78.1 Å². The molecule has 0 aromatic rings. The first-order chi connectivity index (χ1) is 8.12. The summed E-state index contributed by atoms with van der Waals surface area (Å²) >= 11 is 0. The van der Waals surface area contributed by atoms with E-state index in [4.69, 9.17) is 4.43 Å². The monoisotopic (exact) mass is 270 g/mol. The first kappa shape index (κ1) is 17.6. The molecule has 0 aromatic carbocycles. The number of hydrogen-bond donors (Lipinski definition) is 0. The minimum Gasteiger partial charge on any atom is -0.407 e. The molecule has 0 fully saturated rings. The highest BCUT2D eigenvalue weighted by molar-refractivity contribution is 6.74. The second kappa shape index (κ2) is 7.24. The van der Waals surface area contributed by atoms with E-state index in [1.807, 2.05) is 13.0 Å². The Morgan fingerprint density at radius 1 is 1.33 bits per heavy atom. The van der Waals surface area contributed by atoms with Crippen LogP contribution < -0.4 is 0 Å². The maximum absolute atomic E-state index is 11.9. The lowest BCUT2D eigenvalue weighted by molar-refractivity contribution is -0.120. The third-order valence-corrected chi connectivity index (χ3v) is 8.24. The summed E-state index contributed by atoms with van der Waals surface area (Å²) < 4.78 is 6.06. The Balaban J connectivity index is 4.36. The fourth-order valence-electron chi connectivity index (χ4n) is 1.33. The summed E-state index contributed by atoms with van der Waals surface area (Å²) in [6.07, 6.45) is 6.62. The van der Waals surface area contributed by atoms with Crippen LogP contribution in [-0.2, 0) is 9.22 Å². The van der Waals surface area contributed by atoms with Gasteiger partial charge >= 0.3 is 0 Å². The van der Waals surface area contributed by atoms with E-state index in [1.54, 1.807) is 6.08 Å². The van der Waals surface area contributed by atoms with Crippen LogP contribution in [0.25, 0.3) is 0 Å². The van der Waals surface area contributed by atoms with E-state index in [0.29, 0.717) is 0 Å². The second-order valence-corrected chi connectivity index (χ2v) is 11.2. The first-order valence-electron chi connectivity index (χ1n) is 7.00. The van der Waals surface area contributed by atoms with Crippen molar-refractivity contribution in [3.63, 3.8) is 0 Å². The van der Waals surface area contributed by atoms with Crippen molar-refractivity contribution in [2.75, 3.05) is 0 Å². The summed E-state index contributed by atoms with van der Waals surface area (Å²) in [5.41, 5.74) is 0. The molecule has 0 aromatic heterocycles. The highest BCUT2D eigenvalue weighted by Gasteiger charge is 2.39. The first-order valence-corrected chi connectivity index (χ1v) is 9.91. The molecule has 0 radical (unpaired) electrons. The zero-order valence-corrected chi connectivity index (χ0v) is 14.2. The lowest BCUT2D eigenvalue weighted by Gasteiger charge is -2.37. The summed E-state index contributed by atoms with van der Waals surface area (Å²) in [7, 11) is -1.84. The molecule has 0 bridgehead atoms. The molecule has 0 aliphatic heterocycles. The Hall–Kier alpha value is -0.413. The zero-order valence-electron chi connectivity index (χ0n) is 13.2. The van der Waals surface area contributed by atoms with Crippen LogP contribution in [0.3, 0.4) is 0 Å². The average molecular weight is 270 g/mol. The van der Waals surface area contributed by atoms with Gasteiger partial charge in [-0.05, 0) is 37.6 Å². The fraction of sp³-hybridized carbons (Fsp3) is 0.800. The van der Waals surface area contributed by atoms with E-state index in [9.17, 15) is 4.79 Å². The van der Waals surface area contributed by atoms with Crippen LogP contribution in [0.15, 0.2) is 12.2 Å². The van der Waals surface area contributed by atoms with Gasteiger partial charge in [0.2, 0.25) is 0 Å². The largest absolute Gasteiger partial charge is 0.407 e. The minimum atomic E-state index is -1.84. The van der Waals surface area contributed by atoms with Gasteiger partial charge in [0.1, 0.15) is 6.10 Å². The van der Waals surface area contributed by atoms with Crippen molar-refractivity contribution in [1.29, 1.82) is 0 Å². The standard InChI is InChI=1S/C15H30O2Si/c1-8-9-10-11-12-14(16)13(2)17-18(6,7)15(3,4)5/h11-13H,8-10H2,1-7H3/b12-11+. The van der Waals surface area contributed by atoms with Crippen molar-refractivity contribution >= 4 is 14.1 Å². The van der Waals surface area contributed by atoms with Crippen molar-refractivity contribution < 1.29 is 9.22 Å². The lowest BCUT2D eigenvalue weighted by Crippen LogP contribution is -2.44.